The Hall–Kier alpha value is -3.52. The van der Waals surface area contributed by atoms with E-state index in [1.807, 2.05) is 16.7 Å². The van der Waals surface area contributed by atoms with Crippen LogP contribution in [-0.4, -0.2) is 48.2 Å². The average molecular weight is 397 g/mol. The van der Waals surface area contributed by atoms with Crippen LogP contribution in [0.25, 0.3) is 21.3 Å². The first-order valence-electron chi connectivity index (χ1n) is 9.36. The molecule has 1 unspecified atom stereocenters. The van der Waals surface area contributed by atoms with E-state index in [0.717, 1.165) is 10.9 Å². The van der Waals surface area contributed by atoms with Gasteiger partial charge in [0.25, 0.3) is 0 Å². The first kappa shape index (κ1) is 18.8. The molecule has 4 rings (SSSR count). The van der Waals surface area contributed by atoms with Crippen molar-refractivity contribution in [1.29, 1.82) is 0 Å². The molecule has 0 aliphatic carbocycles. The third-order valence-electron chi connectivity index (χ3n) is 5.20. The number of fused-ring (bicyclic) bond motifs is 3. The second-order valence-corrected chi connectivity index (χ2v) is 6.91. The summed E-state index contributed by atoms with van der Waals surface area (Å²) in [4.78, 5) is 41.2. The fourth-order valence-corrected chi connectivity index (χ4v) is 3.86. The molecule has 0 saturated carbocycles. The molecule has 1 aromatic heterocycles. The number of aromatic nitrogens is 1. The molecule has 150 valence electrons. The third-order valence-corrected chi connectivity index (χ3v) is 5.20. The van der Waals surface area contributed by atoms with Crippen LogP contribution in [-0.2, 0) is 20.8 Å². The van der Waals surface area contributed by atoms with E-state index in [9.17, 15) is 14.4 Å². The number of hydrogen-bond donors (Lipinski definition) is 0. The van der Waals surface area contributed by atoms with E-state index in [2.05, 4.69) is 10.0 Å². The Labute approximate surface area is 165 Å². The number of nitrogens with zero attached hydrogens (tertiary/aromatic N) is 5. The second-order valence-electron chi connectivity index (χ2n) is 6.91. The van der Waals surface area contributed by atoms with Gasteiger partial charge in [-0.1, -0.05) is 5.11 Å². The lowest BCUT2D eigenvalue weighted by molar-refractivity contribution is -0.146. The zero-order valence-corrected chi connectivity index (χ0v) is 15.8. The van der Waals surface area contributed by atoms with Gasteiger partial charge in [-0.05, 0) is 43.1 Å². The van der Waals surface area contributed by atoms with Crippen LogP contribution in [0.5, 0.6) is 0 Å². The van der Waals surface area contributed by atoms with Crippen LogP contribution in [0.1, 0.15) is 23.8 Å². The lowest BCUT2D eigenvalue weighted by Crippen LogP contribution is -2.33. The number of hydrogen-bond acceptors (Lipinski definition) is 6. The quantitative estimate of drug-likeness (QED) is 0.252. The molecule has 1 saturated heterocycles. The summed E-state index contributed by atoms with van der Waals surface area (Å²) < 4.78 is 12.1. The molecule has 10 heteroatoms. The van der Waals surface area contributed by atoms with E-state index < -0.39 is 24.1 Å². The number of ether oxygens (including phenoxy) is 2. The number of aryl methyl sites for hydroxylation is 1. The molecule has 1 amide bonds. The third kappa shape index (κ3) is 3.27. The minimum absolute atomic E-state index is 0.0747. The lowest BCUT2D eigenvalue weighted by Gasteiger charge is -2.22. The van der Waals surface area contributed by atoms with Crippen molar-refractivity contribution in [3.05, 3.63) is 40.4 Å². The minimum atomic E-state index is -0.777. The van der Waals surface area contributed by atoms with E-state index in [4.69, 9.17) is 15.0 Å². The summed E-state index contributed by atoms with van der Waals surface area (Å²) in [5.74, 6) is -1.51. The molecule has 10 nitrogen and oxygen atoms in total. The van der Waals surface area contributed by atoms with Crippen LogP contribution in [0.4, 0.5) is 10.5 Å². The largest absolute Gasteiger partial charge is 0.465 e. The van der Waals surface area contributed by atoms with E-state index in [0.29, 0.717) is 24.3 Å². The Morgan fingerprint density at radius 3 is 2.97 bits per heavy atom. The summed E-state index contributed by atoms with van der Waals surface area (Å²) in [6.45, 7) is 2.84. The van der Waals surface area contributed by atoms with Gasteiger partial charge in [0.1, 0.15) is 12.0 Å². The number of carbonyl (C=O) groups is 3. The Morgan fingerprint density at radius 1 is 1.38 bits per heavy atom. The molecule has 29 heavy (non-hydrogen) atoms. The standard InChI is InChI=1S/C19H19N5O5/c1-2-28-18(26)14-5-6-23-15-4-3-12(7-11(15)8-16(23)17(14)25)24-10-13(9-21-22-20)29-19(24)27/h3-4,7-8,13-14H,2,5-6,9-10H2,1H3/t13-,14?/m0/s1. The maximum atomic E-state index is 12.8. The number of ketones is 1. The van der Waals surface area contributed by atoms with Gasteiger partial charge < -0.3 is 14.0 Å². The maximum absolute atomic E-state index is 12.8. The number of amides is 1. The SMILES string of the molecule is CCOC(=O)C1CCn2c(cc3cc(N4C[C@H](CN=[N+]=[N-])OC4=O)ccc32)C1=O. The number of Topliss-reactive ketones (excluding diaryl/α,β-unsaturated/α-hetero) is 1. The van der Waals surface area contributed by atoms with Crippen LogP contribution in [0.2, 0.25) is 0 Å². The molecule has 1 aromatic carbocycles. The normalized spacial score (nSPS) is 20.9. The first-order valence-corrected chi connectivity index (χ1v) is 9.36. The minimum Gasteiger partial charge on any atom is -0.465 e. The molecule has 0 radical (unpaired) electrons. The topological polar surface area (TPSA) is 127 Å². The highest BCUT2D eigenvalue weighted by molar-refractivity contribution is 6.11. The summed E-state index contributed by atoms with van der Waals surface area (Å²) in [6, 6.07) is 7.19. The van der Waals surface area contributed by atoms with Gasteiger partial charge in [-0.25, -0.2) is 4.79 Å². The number of azide groups is 1. The highest BCUT2D eigenvalue weighted by atomic mass is 16.6. The van der Waals surface area contributed by atoms with Gasteiger partial charge in [0.05, 0.1) is 25.4 Å². The molecule has 2 atom stereocenters. The van der Waals surface area contributed by atoms with Gasteiger partial charge in [-0.3, -0.25) is 14.5 Å². The summed E-state index contributed by atoms with van der Waals surface area (Å²) in [5, 5.41) is 4.24. The van der Waals surface area contributed by atoms with E-state index >= 15 is 0 Å². The van der Waals surface area contributed by atoms with Gasteiger partial charge in [0.15, 0.2) is 5.78 Å². The van der Waals surface area contributed by atoms with Gasteiger partial charge in [-0.2, -0.15) is 0 Å². The smallest absolute Gasteiger partial charge is 0.414 e. The highest BCUT2D eigenvalue weighted by Gasteiger charge is 2.36. The summed E-state index contributed by atoms with van der Waals surface area (Å²) in [7, 11) is 0. The van der Waals surface area contributed by atoms with Crippen molar-refractivity contribution < 1.29 is 23.9 Å². The molecule has 2 aromatic rings. The molecular formula is C19H19N5O5. The van der Waals surface area contributed by atoms with E-state index in [-0.39, 0.29) is 25.5 Å². The van der Waals surface area contributed by atoms with Gasteiger partial charge in [0, 0.05) is 28.0 Å². The molecule has 0 bridgehead atoms. The predicted octanol–water partition coefficient (Wildman–Crippen LogP) is 3.04. The monoisotopic (exact) mass is 397 g/mol. The first-order chi connectivity index (χ1) is 14.0. The van der Waals surface area contributed by atoms with Crippen molar-refractivity contribution in [3.63, 3.8) is 0 Å². The van der Waals surface area contributed by atoms with Crippen molar-refractivity contribution in [2.75, 3.05) is 24.6 Å². The van der Waals surface area contributed by atoms with Crippen LogP contribution in [0, 0.1) is 5.92 Å². The average Bonchev–Trinajstić information content (AvgIpc) is 3.27. The van der Waals surface area contributed by atoms with Crippen molar-refractivity contribution >= 4 is 34.4 Å². The Bertz CT molecular complexity index is 1050. The van der Waals surface area contributed by atoms with Crippen molar-refractivity contribution in [2.24, 2.45) is 11.0 Å². The fourth-order valence-electron chi connectivity index (χ4n) is 3.86. The molecule has 0 spiro atoms. The van der Waals surface area contributed by atoms with Crippen LogP contribution < -0.4 is 4.90 Å². The summed E-state index contributed by atoms with van der Waals surface area (Å²) in [5.41, 5.74) is 10.4. The fraction of sp³-hybridized carbons (Fsp3) is 0.421. The number of carbonyl (C=O) groups excluding carboxylic acids is 3. The predicted molar refractivity (Wildman–Crippen MR) is 103 cm³/mol. The van der Waals surface area contributed by atoms with E-state index in [1.165, 1.54) is 4.90 Å². The Balaban J connectivity index is 1.62. The zero-order chi connectivity index (χ0) is 20.5. The molecule has 2 aliphatic heterocycles. The Morgan fingerprint density at radius 2 is 2.21 bits per heavy atom. The van der Waals surface area contributed by atoms with E-state index in [1.54, 1.807) is 19.1 Å². The number of esters is 1. The number of rotatable bonds is 5. The lowest BCUT2D eigenvalue weighted by atomic mass is 9.95. The number of benzene rings is 1. The maximum Gasteiger partial charge on any atom is 0.414 e. The number of cyclic esters (lactones) is 1. The molecule has 2 aliphatic rings. The second kappa shape index (κ2) is 7.48. The van der Waals surface area contributed by atoms with Gasteiger partial charge in [-0.15, -0.1) is 0 Å². The molecule has 0 N–H and O–H groups in total. The molecular weight excluding hydrogens is 378 g/mol. The molecule has 3 heterocycles. The van der Waals surface area contributed by atoms with Gasteiger partial charge >= 0.3 is 12.1 Å². The van der Waals surface area contributed by atoms with Crippen LogP contribution in [0.3, 0.4) is 0 Å². The highest BCUT2D eigenvalue weighted by Crippen LogP contribution is 2.32. The van der Waals surface area contributed by atoms with Crippen molar-refractivity contribution in [2.45, 2.75) is 26.0 Å². The summed E-state index contributed by atoms with van der Waals surface area (Å²) >= 11 is 0. The Kier molecular flexibility index (Phi) is 4.85. The van der Waals surface area contributed by atoms with Crippen molar-refractivity contribution in [3.8, 4) is 0 Å². The van der Waals surface area contributed by atoms with Crippen molar-refractivity contribution in [1.82, 2.24) is 4.57 Å². The van der Waals surface area contributed by atoms with Gasteiger partial charge in [0.2, 0.25) is 0 Å². The van der Waals surface area contributed by atoms with Crippen LogP contribution in [0.15, 0.2) is 29.4 Å². The zero-order valence-electron chi connectivity index (χ0n) is 15.8. The molecule has 1 fully saturated rings. The van der Waals surface area contributed by atoms with Crippen LogP contribution >= 0.6 is 0 Å². The summed E-state index contributed by atoms with van der Waals surface area (Å²) in [6.07, 6.45) is -0.608. The number of anilines is 1.